The lowest BCUT2D eigenvalue weighted by molar-refractivity contribution is 1.55. The van der Waals surface area contributed by atoms with E-state index in [1.54, 1.807) is 0 Å². The zero-order chi connectivity index (χ0) is 19.9. The maximum Gasteiger partial charge on any atom is 0.0645 e. The van der Waals surface area contributed by atoms with E-state index in [0.717, 1.165) is 0 Å². The highest BCUT2D eigenvalue weighted by Crippen LogP contribution is 2.31. The number of hydrogen-bond donors (Lipinski definition) is 1. The Morgan fingerprint density at radius 3 is 2.41 bits per heavy atom. The van der Waals surface area contributed by atoms with E-state index >= 15 is 0 Å². The molecule has 0 aliphatic carbocycles. The monoisotopic (exact) mass is 227 g/mol. The van der Waals surface area contributed by atoms with Crippen molar-refractivity contribution in [2.24, 2.45) is 0 Å². The van der Waals surface area contributed by atoms with E-state index in [1.165, 1.54) is 0 Å². The molecule has 1 heterocycles. The molecule has 0 atom stereocenters. The Morgan fingerprint density at radius 1 is 0.706 bits per heavy atom. The summed E-state index contributed by atoms with van der Waals surface area (Å²) in [6, 6.07) is -4.30. The third-order valence-corrected chi connectivity index (χ3v) is 2.69. The molecule has 4 rings (SSSR count). The molecule has 1 nitrogen and oxygen atoms in total. The zero-order valence-corrected chi connectivity index (χ0v) is 8.50. The number of nitrogens with one attached hydrogen (secondary N) is 1. The molecule has 0 spiro atoms. The predicted octanol–water partition coefficient (Wildman–Crippen LogP) is 4.47. The van der Waals surface area contributed by atoms with E-state index in [4.69, 9.17) is 13.7 Å². The molecule has 4 aromatic rings. The highest BCUT2D eigenvalue weighted by atomic mass is 14.7. The number of fused-ring (bicyclic) bond motifs is 5. The average Bonchev–Trinajstić information content (AvgIpc) is 3.04. The molecule has 0 saturated heterocycles. The summed E-state index contributed by atoms with van der Waals surface area (Å²) in [7, 11) is 0. The van der Waals surface area contributed by atoms with E-state index in [9.17, 15) is 0 Å². The summed E-state index contributed by atoms with van der Waals surface area (Å²) >= 11 is 0. The molecule has 0 unspecified atom stereocenters. The van der Waals surface area contributed by atoms with Crippen molar-refractivity contribution in [1.82, 2.24) is 4.98 Å². The quantitative estimate of drug-likeness (QED) is 0.456. The van der Waals surface area contributed by atoms with Crippen LogP contribution >= 0.6 is 0 Å². The topological polar surface area (TPSA) is 15.8 Å². The molecule has 0 amide bonds. The second kappa shape index (κ2) is 3.11. The Bertz CT molecular complexity index is 1320. The van der Waals surface area contributed by atoms with Gasteiger partial charge in [0.1, 0.15) is 0 Å². The smallest absolute Gasteiger partial charge is 0.0645 e. The van der Waals surface area contributed by atoms with Crippen LogP contribution < -0.4 is 0 Å². The van der Waals surface area contributed by atoms with Gasteiger partial charge in [-0.15, -0.1) is 0 Å². The van der Waals surface area contributed by atoms with Gasteiger partial charge >= 0.3 is 0 Å². The summed E-state index contributed by atoms with van der Waals surface area (Å²) in [6.45, 7) is 0. The predicted molar refractivity (Wildman–Crippen MR) is 73.3 cm³/mol. The van der Waals surface area contributed by atoms with Gasteiger partial charge in [0.25, 0.3) is 0 Å². The molecule has 1 aromatic heterocycles. The van der Waals surface area contributed by atoms with Crippen LogP contribution in [0.5, 0.6) is 0 Å². The van der Waals surface area contributed by atoms with Gasteiger partial charge in [-0.3, -0.25) is 0 Å². The first kappa shape index (κ1) is 3.61. The van der Waals surface area contributed by atoms with Gasteiger partial charge < -0.3 is 4.98 Å². The number of benzene rings is 3. The van der Waals surface area contributed by atoms with Gasteiger partial charge in [0.05, 0.1) is 13.7 Å². The number of aromatic amines is 1. The molecule has 17 heavy (non-hydrogen) atoms. The fraction of sp³-hybridized carbons (Fsp3) is 0. The van der Waals surface area contributed by atoms with Gasteiger partial charge in [0.15, 0.2) is 0 Å². The summed E-state index contributed by atoms with van der Waals surface area (Å²) in [5.74, 6) is 0. The number of hydrogen-bond acceptors (Lipinski definition) is 0. The van der Waals surface area contributed by atoms with Crippen LogP contribution in [0.3, 0.4) is 0 Å². The minimum atomic E-state index is -0.526. The normalized spacial score (nSPS) is 19.8. The molecule has 0 aliphatic rings. The average molecular weight is 227 g/mol. The molecule has 0 radical (unpaired) electrons. The van der Waals surface area contributed by atoms with Crippen LogP contribution in [-0.2, 0) is 0 Å². The largest absolute Gasteiger partial charge is 0.354 e. The lowest BCUT2D eigenvalue weighted by Crippen LogP contribution is -1.73. The van der Waals surface area contributed by atoms with Gasteiger partial charge in [0, 0.05) is 21.8 Å². The summed E-state index contributed by atoms with van der Waals surface area (Å²) in [4.78, 5) is 2.77. The second-order valence-electron chi connectivity index (χ2n) is 3.62. The lowest BCUT2D eigenvalue weighted by Gasteiger charge is -1.99. The molecular formula is C16H11N. The molecule has 0 bridgehead atoms. The summed E-state index contributed by atoms with van der Waals surface area (Å²) in [5.41, 5.74) is 0.0725. The summed E-state index contributed by atoms with van der Waals surface area (Å²) < 4.78 is 80.7. The van der Waals surface area contributed by atoms with Gasteiger partial charge in [-0.05, 0) is 22.9 Å². The molecule has 80 valence electrons. The van der Waals surface area contributed by atoms with Crippen molar-refractivity contribution in [3.63, 3.8) is 0 Å². The number of H-pyrrole nitrogens is 1. The van der Waals surface area contributed by atoms with Crippen molar-refractivity contribution < 1.29 is 13.7 Å². The van der Waals surface area contributed by atoms with Gasteiger partial charge in [-0.2, -0.15) is 0 Å². The molecular weight excluding hydrogens is 206 g/mol. The van der Waals surface area contributed by atoms with Crippen LogP contribution in [0.15, 0.2) is 60.4 Å². The highest BCUT2D eigenvalue weighted by Gasteiger charge is 2.06. The number of para-hydroxylation sites is 1. The minimum Gasteiger partial charge on any atom is -0.354 e. The van der Waals surface area contributed by atoms with Crippen molar-refractivity contribution in [3.8, 4) is 0 Å². The molecule has 1 N–H and O–H groups in total. The van der Waals surface area contributed by atoms with E-state index in [0.29, 0.717) is 0 Å². The Hall–Kier alpha value is -2.28. The molecule has 1 heteroatoms. The fourth-order valence-corrected chi connectivity index (χ4v) is 1.97. The molecule has 0 aliphatic heterocycles. The second-order valence-corrected chi connectivity index (χ2v) is 3.62. The summed E-state index contributed by atoms with van der Waals surface area (Å²) in [6.07, 6.45) is 0. The Balaban J connectivity index is 2.51. The van der Waals surface area contributed by atoms with Gasteiger partial charge in [-0.1, -0.05) is 48.3 Å². The molecule has 0 fully saturated rings. The third kappa shape index (κ3) is 1.14. The van der Waals surface area contributed by atoms with Crippen molar-refractivity contribution in [2.75, 3.05) is 0 Å². The van der Waals surface area contributed by atoms with E-state index < -0.39 is 42.3 Å². The fourth-order valence-electron chi connectivity index (χ4n) is 1.97. The summed E-state index contributed by atoms with van der Waals surface area (Å²) in [5, 5.41) is -0.0420. The Labute approximate surface area is 113 Å². The minimum absolute atomic E-state index is 0.0313. The van der Waals surface area contributed by atoms with Crippen LogP contribution in [0.2, 0.25) is 0 Å². The van der Waals surface area contributed by atoms with Crippen molar-refractivity contribution in [1.29, 1.82) is 0 Å². The van der Waals surface area contributed by atoms with Gasteiger partial charge in [-0.25, -0.2) is 0 Å². The van der Waals surface area contributed by atoms with Crippen molar-refractivity contribution >= 4 is 32.6 Å². The third-order valence-electron chi connectivity index (χ3n) is 2.69. The van der Waals surface area contributed by atoms with Crippen LogP contribution in [-0.4, -0.2) is 4.98 Å². The van der Waals surface area contributed by atoms with E-state index in [1.807, 2.05) is 0 Å². The first-order valence-corrected chi connectivity index (χ1v) is 5.00. The van der Waals surface area contributed by atoms with Crippen LogP contribution in [0.4, 0.5) is 0 Å². The maximum absolute atomic E-state index is 8.27. The van der Waals surface area contributed by atoms with Gasteiger partial charge in [0.2, 0.25) is 0 Å². The molecule has 0 saturated carbocycles. The SMILES string of the molecule is [2H]c1c([2H])c([2H])c2c([nH]c3c([2H])c([2H])c4c([2H])c([2H])c([2H])c([2H])c4c32)c1[2H]. The van der Waals surface area contributed by atoms with E-state index in [-0.39, 0.29) is 50.7 Å². The number of rotatable bonds is 0. The lowest BCUT2D eigenvalue weighted by atomic mass is 10.0. The first-order valence-electron chi connectivity index (χ1n) is 10.0. The zero-order valence-electron chi connectivity index (χ0n) is 18.5. The number of aromatic nitrogens is 1. The van der Waals surface area contributed by atoms with Crippen LogP contribution in [0, 0.1) is 0 Å². The van der Waals surface area contributed by atoms with Crippen molar-refractivity contribution in [3.05, 3.63) is 60.4 Å². The molecule has 3 aromatic carbocycles. The standard InChI is InChI=1S/C16H11N/c1-2-6-12-11(5-1)9-10-15-16(12)13-7-3-4-8-14(13)17-15/h1-10,17H/i1D,2D,3D,4D,5D,6D,7D,8D,9D,10D. The maximum atomic E-state index is 8.27. The van der Waals surface area contributed by atoms with Crippen LogP contribution in [0.25, 0.3) is 32.6 Å². The van der Waals surface area contributed by atoms with E-state index in [2.05, 4.69) is 4.98 Å². The first-order chi connectivity index (χ1) is 12.6. The van der Waals surface area contributed by atoms with Crippen LogP contribution in [0.1, 0.15) is 13.7 Å². The van der Waals surface area contributed by atoms with Crippen molar-refractivity contribution in [2.45, 2.75) is 0 Å². The Morgan fingerprint density at radius 2 is 1.47 bits per heavy atom. The highest BCUT2D eigenvalue weighted by molar-refractivity contribution is 6.20. The Kier molecular flexibility index (Phi) is 0.660.